The summed E-state index contributed by atoms with van der Waals surface area (Å²) in [5, 5.41) is 0. The fraction of sp³-hybridized carbons (Fsp3) is 0.565. The van der Waals surface area contributed by atoms with Crippen LogP contribution in [0.25, 0.3) is 11.5 Å². The van der Waals surface area contributed by atoms with Crippen molar-refractivity contribution in [2.24, 2.45) is 11.8 Å². The fourth-order valence-electron chi connectivity index (χ4n) is 3.95. The molecule has 1 aromatic heterocycles. The molecule has 2 heterocycles. The third-order valence-corrected chi connectivity index (χ3v) is 5.48. The molecule has 0 bridgehead atoms. The highest BCUT2D eigenvalue weighted by molar-refractivity contribution is 5.81. The van der Waals surface area contributed by atoms with Crippen molar-refractivity contribution < 1.29 is 13.9 Å². The summed E-state index contributed by atoms with van der Waals surface area (Å²) in [6, 6.07) is 5.96. The number of carbonyl (C=O) groups excluding carboxylic acids is 1. The van der Waals surface area contributed by atoms with Crippen molar-refractivity contribution in [2.75, 3.05) is 20.2 Å². The van der Waals surface area contributed by atoms with Crippen molar-refractivity contribution in [3.63, 3.8) is 0 Å². The zero-order chi connectivity index (χ0) is 20.3. The molecular weight excluding hydrogens is 352 g/mol. The summed E-state index contributed by atoms with van der Waals surface area (Å²) >= 11 is 0. The van der Waals surface area contributed by atoms with E-state index < -0.39 is 0 Å². The van der Waals surface area contributed by atoms with Crippen LogP contribution in [0.4, 0.5) is 0 Å². The van der Waals surface area contributed by atoms with E-state index >= 15 is 0 Å². The Hall–Kier alpha value is -2.14. The Bertz CT molecular complexity index is 825. The first-order valence-corrected chi connectivity index (χ1v) is 10.2. The Morgan fingerprint density at radius 3 is 2.82 bits per heavy atom. The monoisotopic (exact) mass is 384 g/mol. The first kappa shape index (κ1) is 20.6. The van der Waals surface area contributed by atoms with E-state index in [0.717, 1.165) is 60.8 Å². The van der Waals surface area contributed by atoms with Crippen molar-refractivity contribution in [1.82, 2.24) is 9.88 Å². The standard InChI is InChI=1S/C23H32N2O3/c1-15(2)11-21(26)19-7-6-10-25(13-19)14-20-17(4)28-23(24-20)18-8-9-22(27-5)16(3)12-18/h8-9,12,15,19H,6-7,10-11,13-14H2,1-5H3/t19-/m0/s1. The predicted molar refractivity (Wildman–Crippen MR) is 110 cm³/mol. The number of piperidine rings is 1. The van der Waals surface area contributed by atoms with Crippen LogP contribution in [-0.4, -0.2) is 35.9 Å². The third-order valence-electron chi connectivity index (χ3n) is 5.48. The molecule has 0 saturated carbocycles. The lowest BCUT2D eigenvalue weighted by Crippen LogP contribution is -2.38. The summed E-state index contributed by atoms with van der Waals surface area (Å²) in [6.45, 7) is 10.8. The van der Waals surface area contributed by atoms with Crippen LogP contribution in [0.3, 0.4) is 0 Å². The molecule has 0 aliphatic carbocycles. The molecule has 2 aromatic rings. The molecule has 3 rings (SSSR count). The van der Waals surface area contributed by atoms with Gasteiger partial charge in [-0.1, -0.05) is 13.8 Å². The van der Waals surface area contributed by atoms with Crippen molar-refractivity contribution in [3.05, 3.63) is 35.2 Å². The van der Waals surface area contributed by atoms with E-state index in [9.17, 15) is 4.79 Å². The number of ether oxygens (including phenoxy) is 1. The van der Waals surface area contributed by atoms with Gasteiger partial charge in [0.05, 0.1) is 12.8 Å². The number of hydrogen-bond donors (Lipinski definition) is 0. The molecule has 152 valence electrons. The molecule has 0 amide bonds. The van der Waals surface area contributed by atoms with E-state index in [1.807, 2.05) is 32.0 Å². The van der Waals surface area contributed by atoms with Gasteiger partial charge >= 0.3 is 0 Å². The molecule has 0 N–H and O–H groups in total. The summed E-state index contributed by atoms with van der Waals surface area (Å²) in [5.74, 6) is 3.34. The molecule has 1 saturated heterocycles. The molecule has 1 aliphatic heterocycles. The SMILES string of the molecule is COc1ccc(-c2nc(CN3CCC[C@H](C(=O)CC(C)C)C3)c(C)o2)cc1C. The van der Waals surface area contributed by atoms with Gasteiger partial charge in [-0.2, -0.15) is 0 Å². The Morgan fingerprint density at radius 1 is 1.36 bits per heavy atom. The highest BCUT2D eigenvalue weighted by atomic mass is 16.5. The van der Waals surface area contributed by atoms with Crippen molar-refractivity contribution in [1.29, 1.82) is 0 Å². The second-order valence-electron chi connectivity index (χ2n) is 8.34. The smallest absolute Gasteiger partial charge is 0.226 e. The molecule has 1 fully saturated rings. The zero-order valence-corrected chi connectivity index (χ0v) is 17.7. The Labute approximate surface area is 168 Å². The number of rotatable bonds is 7. The summed E-state index contributed by atoms with van der Waals surface area (Å²) < 4.78 is 11.3. The van der Waals surface area contributed by atoms with Gasteiger partial charge in [-0.3, -0.25) is 9.69 Å². The van der Waals surface area contributed by atoms with Gasteiger partial charge in [0.15, 0.2) is 0 Å². The molecule has 0 unspecified atom stereocenters. The quantitative estimate of drug-likeness (QED) is 0.687. The molecule has 28 heavy (non-hydrogen) atoms. The van der Waals surface area contributed by atoms with Crippen molar-refractivity contribution >= 4 is 5.78 Å². The number of carbonyl (C=O) groups is 1. The van der Waals surface area contributed by atoms with Gasteiger partial charge in [-0.15, -0.1) is 0 Å². The Balaban J connectivity index is 1.70. The summed E-state index contributed by atoms with van der Waals surface area (Å²) in [5.41, 5.74) is 2.97. The van der Waals surface area contributed by atoms with Gasteiger partial charge in [-0.05, 0) is 62.9 Å². The maximum Gasteiger partial charge on any atom is 0.226 e. The van der Waals surface area contributed by atoms with Gasteiger partial charge in [0.2, 0.25) is 5.89 Å². The first-order chi connectivity index (χ1) is 13.4. The van der Waals surface area contributed by atoms with Gasteiger partial charge in [0.1, 0.15) is 17.3 Å². The number of likely N-dealkylation sites (tertiary alicyclic amines) is 1. The number of benzene rings is 1. The predicted octanol–water partition coefficient (Wildman–Crippen LogP) is 4.79. The second kappa shape index (κ2) is 8.91. The minimum atomic E-state index is 0.159. The number of aromatic nitrogens is 1. The van der Waals surface area contributed by atoms with Crippen LogP contribution in [0.15, 0.2) is 22.6 Å². The van der Waals surface area contributed by atoms with Gasteiger partial charge in [-0.25, -0.2) is 4.98 Å². The van der Waals surface area contributed by atoms with E-state index in [0.29, 0.717) is 24.0 Å². The average Bonchev–Trinajstić information content (AvgIpc) is 3.02. The molecule has 5 heteroatoms. The lowest BCUT2D eigenvalue weighted by atomic mass is 9.89. The zero-order valence-electron chi connectivity index (χ0n) is 17.7. The minimum absolute atomic E-state index is 0.159. The van der Waals surface area contributed by atoms with E-state index in [1.165, 1.54) is 0 Å². The van der Waals surface area contributed by atoms with Crippen LogP contribution in [0.5, 0.6) is 5.75 Å². The van der Waals surface area contributed by atoms with Crippen LogP contribution in [0, 0.1) is 25.7 Å². The van der Waals surface area contributed by atoms with E-state index in [-0.39, 0.29) is 5.92 Å². The number of nitrogens with zero attached hydrogens (tertiary/aromatic N) is 2. The maximum atomic E-state index is 12.5. The molecular formula is C23H32N2O3. The topological polar surface area (TPSA) is 55.6 Å². The van der Waals surface area contributed by atoms with Crippen molar-refractivity contribution in [3.8, 4) is 17.2 Å². The Kier molecular flexibility index (Phi) is 6.55. The molecule has 0 spiro atoms. The number of aryl methyl sites for hydroxylation is 2. The lowest BCUT2D eigenvalue weighted by Gasteiger charge is -2.31. The largest absolute Gasteiger partial charge is 0.496 e. The minimum Gasteiger partial charge on any atom is -0.496 e. The van der Waals surface area contributed by atoms with E-state index in [1.54, 1.807) is 7.11 Å². The van der Waals surface area contributed by atoms with Crippen LogP contribution in [0.2, 0.25) is 0 Å². The highest BCUT2D eigenvalue weighted by Crippen LogP contribution is 2.28. The second-order valence-corrected chi connectivity index (χ2v) is 8.34. The molecule has 0 radical (unpaired) electrons. The van der Waals surface area contributed by atoms with Gasteiger partial charge in [0, 0.05) is 31.0 Å². The Morgan fingerprint density at radius 2 is 2.14 bits per heavy atom. The molecule has 1 aromatic carbocycles. The summed E-state index contributed by atoms with van der Waals surface area (Å²) in [6.07, 6.45) is 2.76. The van der Waals surface area contributed by atoms with Crippen LogP contribution < -0.4 is 4.74 Å². The van der Waals surface area contributed by atoms with Gasteiger partial charge < -0.3 is 9.15 Å². The third kappa shape index (κ3) is 4.82. The van der Waals surface area contributed by atoms with Gasteiger partial charge in [0.25, 0.3) is 0 Å². The average molecular weight is 385 g/mol. The molecule has 1 aliphatic rings. The number of oxazole rings is 1. The summed E-state index contributed by atoms with van der Waals surface area (Å²) in [7, 11) is 1.67. The fourth-order valence-corrected chi connectivity index (χ4v) is 3.95. The maximum absolute atomic E-state index is 12.5. The first-order valence-electron chi connectivity index (χ1n) is 10.2. The van der Waals surface area contributed by atoms with E-state index in [4.69, 9.17) is 14.1 Å². The number of hydrogen-bond acceptors (Lipinski definition) is 5. The van der Waals surface area contributed by atoms with Crippen LogP contribution in [0.1, 0.15) is 50.1 Å². The normalized spacial score (nSPS) is 17.9. The van der Waals surface area contributed by atoms with Crippen molar-refractivity contribution in [2.45, 2.75) is 53.5 Å². The molecule has 5 nitrogen and oxygen atoms in total. The lowest BCUT2D eigenvalue weighted by molar-refractivity contribution is -0.125. The number of Topliss-reactive ketones (excluding diaryl/α,β-unsaturated/α-hetero) is 1. The number of ketones is 1. The highest BCUT2D eigenvalue weighted by Gasteiger charge is 2.27. The number of methoxy groups -OCH3 is 1. The van der Waals surface area contributed by atoms with Crippen LogP contribution in [-0.2, 0) is 11.3 Å². The van der Waals surface area contributed by atoms with E-state index in [2.05, 4.69) is 18.7 Å². The summed E-state index contributed by atoms with van der Waals surface area (Å²) in [4.78, 5) is 19.6. The van der Waals surface area contributed by atoms with Crippen LogP contribution >= 0.6 is 0 Å². The molecule has 1 atom stereocenters.